The van der Waals surface area contributed by atoms with Gasteiger partial charge in [0.1, 0.15) is 11.6 Å². The minimum atomic E-state index is -0.511. The number of carbonyl (C=O) groups is 1. The van der Waals surface area contributed by atoms with Crippen LogP contribution in [0.25, 0.3) is 11.5 Å². The zero-order valence-corrected chi connectivity index (χ0v) is 21.1. The third-order valence-electron chi connectivity index (χ3n) is 5.96. The molecule has 5 rings (SSSR count). The number of hydrogen-bond donors (Lipinski definition) is 3. The summed E-state index contributed by atoms with van der Waals surface area (Å²) in [6.45, 7) is 3.93. The van der Waals surface area contributed by atoms with Crippen LogP contribution in [0.5, 0.6) is 0 Å². The summed E-state index contributed by atoms with van der Waals surface area (Å²) in [5, 5.41) is 19.9. The molecule has 3 N–H and O–H groups in total. The lowest BCUT2D eigenvalue weighted by Gasteiger charge is -2.11. The predicted octanol–water partition coefficient (Wildman–Crippen LogP) is 3.79. The second kappa shape index (κ2) is 11.1. The normalized spacial score (nSPS) is 11.8. The molecule has 1 amide bonds. The van der Waals surface area contributed by atoms with Crippen LogP contribution in [0.3, 0.4) is 0 Å². The van der Waals surface area contributed by atoms with Crippen LogP contribution in [0.15, 0.2) is 85.5 Å². The smallest absolute Gasteiger partial charge is 0.259 e. The van der Waals surface area contributed by atoms with Crippen LogP contribution in [0, 0.1) is 6.92 Å². The van der Waals surface area contributed by atoms with Gasteiger partial charge >= 0.3 is 0 Å². The van der Waals surface area contributed by atoms with E-state index in [1.165, 1.54) is 0 Å². The van der Waals surface area contributed by atoms with Crippen molar-refractivity contribution < 1.29 is 9.90 Å². The lowest BCUT2D eigenvalue weighted by Crippen LogP contribution is -2.17. The summed E-state index contributed by atoms with van der Waals surface area (Å²) < 4.78 is 3.64. The Balaban J connectivity index is 1.30. The lowest BCUT2D eigenvalue weighted by atomic mass is 10.1. The largest absolute Gasteiger partial charge is 0.392 e. The van der Waals surface area contributed by atoms with Gasteiger partial charge in [0.05, 0.1) is 29.2 Å². The van der Waals surface area contributed by atoms with E-state index in [1.807, 2.05) is 72.3 Å². The summed E-state index contributed by atoms with van der Waals surface area (Å²) >= 11 is 0. The molecule has 0 radical (unpaired) electrons. The number of para-hydroxylation sites is 1. The molecule has 0 aliphatic carbocycles. The highest BCUT2D eigenvalue weighted by atomic mass is 16.3. The summed E-state index contributed by atoms with van der Waals surface area (Å²) in [6.07, 6.45) is 6.83. The van der Waals surface area contributed by atoms with Gasteiger partial charge in [-0.2, -0.15) is 10.1 Å². The zero-order valence-electron chi connectivity index (χ0n) is 21.1. The fourth-order valence-corrected chi connectivity index (χ4v) is 4.08. The van der Waals surface area contributed by atoms with E-state index in [4.69, 9.17) is 0 Å². The van der Waals surface area contributed by atoms with Crippen LogP contribution in [-0.4, -0.2) is 53.0 Å². The molecule has 5 aromatic rings. The van der Waals surface area contributed by atoms with Gasteiger partial charge in [-0.05, 0) is 49.7 Å². The van der Waals surface area contributed by atoms with Crippen molar-refractivity contribution in [3.63, 3.8) is 0 Å². The highest BCUT2D eigenvalue weighted by molar-refractivity contribution is 6.05. The number of carbonyl (C=O) groups excluding carboxylic acids is 1. The van der Waals surface area contributed by atoms with Gasteiger partial charge in [0.25, 0.3) is 5.91 Å². The van der Waals surface area contributed by atoms with Crippen molar-refractivity contribution in [3.05, 3.63) is 108 Å². The second-order valence-corrected chi connectivity index (χ2v) is 8.90. The molecule has 3 heterocycles. The predicted molar refractivity (Wildman–Crippen MR) is 145 cm³/mol. The van der Waals surface area contributed by atoms with Crippen LogP contribution in [0.1, 0.15) is 34.4 Å². The van der Waals surface area contributed by atoms with Crippen LogP contribution in [0.4, 0.5) is 11.6 Å². The zero-order chi connectivity index (χ0) is 26.5. The first kappa shape index (κ1) is 24.8. The van der Waals surface area contributed by atoms with Gasteiger partial charge in [-0.15, -0.1) is 0 Å². The second-order valence-electron chi connectivity index (χ2n) is 8.90. The van der Waals surface area contributed by atoms with Crippen LogP contribution in [-0.2, 0) is 6.42 Å². The molecule has 2 aromatic carbocycles. The SMILES string of the molecule is Cc1c(C(=O)Nc2cccc(Cc3nccn3-c3ccnc(NC[C@H](C)O)n3)c2)cnn1-c1ccccc1. The Labute approximate surface area is 220 Å². The molecule has 1 atom stereocenters. The number of nitrogens with one attached hydrogen (secondary N) is 2. The Hall–Kier alpha value is -4.83. The molecular formula is C28H28N8O2. The van der Waals surface area contributed by atoms with E-state index in [1.54, 1.807) is 36.3 Å². The molecule has 0 saturated carbocycles. The molecular weight excluding hydrogens is 480 g/mol. The Morgan fingerprint density at radius 2 is 1.89 bits per heavy atom. The van der Waals surface area contributed by atoms with Crippen molar-refractivity contribution in [2.24, 2.45) is 0 Å². The number of imidazole rings is 1. The highest BCUT2D eigenvalue weighted by Crippen LogP contribution is 2.19. The average molecular weight is 509 g/mol. The summed E-state index contributed by atoms with van der Waals surface area (Å²) in [5.41, 5.74) is 3.84. The van der Waals surface area contributed by atoms with Crippen molar-refractivity contribution in [1.29, 1.82) is 0 Å². The molecule has 0 aliphatic heterocycles. The van der Waals surface area contributed by atoms with Gasteiger partial charge in [-0.1, -0.05) is 30.3 Å². The van der Waals surface area contributed by atoms with Gasteiger partial charge in [-0.25, -0.2) is 14.6 Å². The van der Waals surface area contributed by atoms with E-state index in [0.29, 0.717) is 36.0 Å². The summed E-state index contributed by atoms with van der Waals surface area (Å²) in [6, 6.07) is 19.2. The van der Waals surface area contributed by atoms with E-state index >= 15 is 0 Å². The molecule has 0 fully saturated rings. The fourth-order valence-electron chi connectivity index (χ4n) is 4.08. The van der Waals surface area contributed by atoms with Crippen molar-refractivity contribution >= 4 is 17.5 Å². The fraction of sp³-hybridized carbons (Fsp3) is 0.179. The van der Waals surface area contributed by atoms with Crippen LogP contribution >= 0.6 is 0 Å². The molecule has 0 unspecified atom stereocenters. The molecule has 0 saturated heterocycles. The number of aliphatic hydroxyl groups is 1. The first-order valence-electron chi connectivity index (χ1n) is 12.3. The van der Waals surface area contributed by atoms with Crippen molar-refractivity contribution in [1.82, 2.24) is 29.3 Å². The maximum Gasteiger partial charge on any atom is 0.259 e. The number of hydrogen-bond acceptors (Lipinski definition) is 7. The third-order valence-corrected chi connectivity index (χ3v) is 5.96. The Bertz CT molecular complexity index is 1540. The minimum absolute atomic E-state index is 0.221. The minimum Gasteiger partial charge on any atom is -0.392 e. The average Bonchev–Trinajstić information content (AvgIpc) is 3.55. The van der Waals surface area contributed by atoms with Gasteiger partial charge < -0.3 is 15.7 Å². The third kappa shape index (κ3) is 5.60. The molecule has 192 valence electrons. The molecule has 0 aliphatic rings. The Kier molecular flexibility index (Phi) is 7.23. The van der Waals surface area contributed by atoms with Crippen LogP contribution in [0.2, 0.25) is 0 Å². The number of aromatic nitrogens is 6. The van der Waals surface area contributed by atoms with E-state index in [2.05, 4.69) is 30.7 Å². The maximum absolute atomic E-state index is 13.1. The van der Waals surface area contributed by atoms with Crippen molar-refractivity contribution in [3.8, 4) is 11.5 Å². The van der Waals surface area contributed by atoms with Crippen molar-refractivity contribution in [2.45, 2.75) is 26.4 Å². The summed E-state index contributed by atoms with van der Waals surface area (Å²) in [4.78, 5) is 26.3. The number of benzene rings is 2. The monoisotopic (exact) mass is 508 g/mol. The van der Waals surface area contributed by atoms with Gasteiger partial charge in [0.2, 0.25) is 5.95 Å². The van der Waals surface area contributed by atoms with Crippen molar-refractivity contribution in [2.75, 3.05) is 17.2 Å². The van der Waals surface area contributed by atoms with Crippen LogP contribution < -0.4 is 10.6 Å². The molecule has 0 spiro atoms. The lowest BCUT2D eigenvalue weighted by molar-refractivity contribution is 0.102. The first-order valence-corrected chi connectivity index (χ1v) is 12.3. The van der Waals surface area contributed by atoms with Gasteiger partial charge in [-0.3, -0.25) is 9.36 Å². The molecule has 3 aromatic heterocycles. The Morgan fingerprint density at radius 3 is 2.71 bits per heavy atom. The number of amides is 1. The molecule has 38 heavy (non-hydrogen) atoms. The maximum atomic E-state index is 13.1. The quantitative estimate of drug-likeness (QED) is 0.277. The number of anilines is 2. The number of rotatable bonds is 9. The molecule has 10 heteroatoms. The molecule has 0 bridgehead atoms. The topological polar surface area (TPSA) is 123 Å². The summed E-state index contributed by atoms with van der Waals surface area (Å²) in [5.74, 6) is 1.66. The number of nitrogens with zero attached hydrogens (tertiary/aromatic N) is 6. The van der Waals surface area contributed by atoms with E-state index in [0.717, 1.165) is 22.8 Å². The molecule has 10 nitrogen and oxygen atoms in total. The number of aliphatic hydroxyl groups excluding tert-OH is 1. The van der Waals surface area contributed by atoms with E-state index < -0.39 is 6.10 Å². The van der Waals surface area contributed by atoms with E-state index in [-0.39, 0.29) is 5.91 Å². The first-order chi connectivity index (χ1) is 18.5. The van der Waals surface area contributed by atoms with Gasteiger partial charge in [0, 0.05) is 37.2 Å². The standard InChI is InChI=1S/C28H28N8O2/c1-19(37)17-31-28-30-12-11-25(34-28)35-14-13-29-26(35)16-21-7-6-8-22(15-21)33-27(38)24-18-32-36(20(24)2)23-9-4-3-5-10-23/h3-15,18-19,37H,16-17H2,1-2H3,(H,33,38)(H,30,31,34)/t19-/m0/s1. The Morgan fingerprint density at radius 1 is 1.05 bits per heavy atom. The highest BCUT2D eigenvalue weighted by Gasteiger charge is 2.16. The summed E-state index contributed by atoms with van der Waals surface area (Å²) in [7, 11) is 0. The van der Waals surface area contributed by atoms with Gasteiger partial charge in [0.15, 0.2) is 0 Å². The van der Waals surface area contributed by atoms with E-state index in [9.17, 15) is 9.90 Å².